The zero-order valence-corrected chi connectivity index (χ0v) is 16.4. The molecule has 1 aromatic carbocycles. The summed E-state index contributed by atoms with van der Waals surface area (Å²) in [5.41, 5.74) is 2.17. The summed E-state index contributed by atoms with van der Waals surface area (Å²) < 4.78 is 39.8. The Morgan fingerprint density at radius 2 is 1.90 bits per heavy atom. The van der Waals surface area contributed by atoms with Crippen LogP contribution in [0.25, 0.3) is 0 Å². The number of benzene rings is 1. The lowest BCUT2D eigenvalue weighted by Gasteiger charge is -2.24. The van der Waals surface area contributed by atoms with Gasteiger partial charge in [0.05, 0.1) is 17.3 Å². The number of carbonyl (C=O) groups excluding carboxylic acids is 1. The molecule has 1 saturated heterocycles. The molecule has 8 heteroatoms. The summed E-state index contributed by atoms with van der Waals surface area (Å²) in [5.74, 6) is -0.0764. The van der Waals surface area contributed by atoms with E-state index in [4.69, 9.17) is 4.98 Å². The standard InChI is InChI=1S/C22H21F3N4O/c1-28-20(11-12-26-28)21(30)29-13-3-6-19(29)18-5-2-4-17(27-18)14-15-7-9-16(10-8-15)22(23,24)25/h2,4-5,7-12,19H,3,6,13-14H2,1H3/t19-/m1/s1. The van der Waals surface area contributed by atoms with Crippen LogP contribution in [0.3, 0.4) is 0 Å². The van der Waals surface area contributed by atoms with E-state index in [9.17, 15) is 18.0 Å². The predicted molar refractivity (Wildman–Crippen MR) is 105 cm³/mol. The Bertz CT molecular complexity index is 1040. The van der Waals surface area contributed by atoms with Gasteiger partial charge in [0.25, 0.3) is 5.91 Å². The fourth-order valence-electron chi connectivity index (χ4n) is 3.85. The largest absolute Gasteiger partial charge is 0.416 e. The third-order valence-corrected chi connectivity index (χ3v) is 5.39. The summed E-state index contributed by atoms with van der Waals surface area (Å²) in [4.78, 5) is 19.5. The average molecular weight is 414 g/mol. The highest BCUT2D eigenvalue weighted by Crippen LogP contribution is 2.33. The van der Waals surface area contributed by atoms with Gasteiger partial charge in [-0.15, -0.1) is 0 Å². The van der Waals surface area contributed by atoms with Crippen molar-refractivity contribution < 1.29 is 18.0 Å². The van der Waals surface area contributed by atoms with Crippen LogP contribution in [0.2, 0.25) is 0 Å². The van der Waals surface area contributed by atoms with E-state index in [0.29, 0.717) is 18.7 Å². The van der Waals surface area contributed by atoms with Gasteiger partial charge in [-0.25, -0.2) is 0 Å². The number of aromatic nitrogens is 3. The van der Waals surface area contributed by atoms with E-state index >= 15 is 0 Å². The zero-order chi connectivity index (χ0) is 21.3. The molecule has 1 aliphatic heterocycles. The monoisotopic (exact) mass is 414 g/mol. The molecule has 0 N–H and O–H groups in total. The van der Waals surface area contributed by atoms with Crippen molar-refractivity contribution in [2.24, 2.45) is 7.05 Å². The van der Waals surface area contributed by atoms with Crippen LogP contribution in [0.15, 0.2) is 54.7 Å². The Hall–Kier alpha value is -3.16. The second kappa shape index (κ2) is 7.93. The Morgan fingerprint density at radius 1 is 1.13 bits per heavy atom. The Balaban J connectivity index is 1.53. The molecule has 156 valence electrons. The van der Waals surface area contributed by atoms with Crippen molar-refractivity contribution in [2.75, 3.05) is 6.54 Å². The van der Waals surface area contributed by atoms with Crippen LogP contribution in [0.4, 0.5) is 13.2 Å². The number of pyridine rings is 1. The van der Waals surface area contributed by atoms with Crippen molar-refractivity contribution in [3.63, 3.8) is 0 Å². The topological polar surface area (TPSA) is 51.0 Å². The van der Waals surface area contributed by atoms with E-state index in [2.05, 4.69) is 5.10 Å². The molecule has 0 unspecified atom stereocenters. The minimum Gasteiger partial charge on any atom is -0.329 e. The van der Waals surface area contributed by atoms with Gasteiger partial charge in [-0.2, -0.15) is 18.3 Å². The lowest BCUT2D eigenvalue weighted by Crippen LogP contribution is -2.32. The summed E-state index contributed by atoms with van der Waals surface area (Å²) in [6.45, 7) is 0.652. The van der Waals surface area contributed by atoms with Gasteiger partial charge in [-0.3, -0.25) is 14.5 Å². The molecule has 30 heavy (non-hydrogen) atoms. The molecule has 1 fully saturated rings. The van der Waals surface area contributed by atoms with E-state index < -0.39 is 11.7 Å². The Kier molecular flexibility index (Phi) is 5.32. The van der Waals surface area contributed by atoms with Crippen LogP contribution in [0.5, 0.6) is 0 Å². The van der Waals surface area contributed by atoms with E-state index in [0.717, 1.165) is 41.9 Å². The van der Waals surface area contributed by atoms with E-state index in [1.54, 1.807) is 24.0 Å². The number of hydrogen-bond acceptors (Lipinski definition) is 3. The lowest BCUT2D eigenvalue weighted by molar-refractivity contribution is -0.137. The van der Waals surface area contributed by atoms with Crippen LogP contribution in [-0.2, 0) is 19.6 Å². The summed E-state index contributed by atoms with van der Waals surface area (Å²) in [6, 6.07) is 12.3. The van der Waals surface area contributed by atoms with Crippen molar-refractivity contribution in [3.05, 3.63) is 82.9 Å². The van der Waals surface area contributed by atoms with Crippen LogP contribution in [0, 0.1) is 0 Å². The molecule has 1 aliphatic rings. The van der Waals surface area contributed by atoms with Crippen LogP contribution in [-0.4, -0.2) is 32.1 Å². The molecule has 3 heterocycles. The summed E-state index contributed by atoms with van der Waals surface area (Å²) in [5, 5.41) is 4.07. The first-order valence-corrected chi connectivity index (χ1v) is 9.74. The van der Waals surface area contributed by atoms with E-state index in [1.165, 1.54) is 12.1 Å². The Labute approximate surface area is 172 Å². The number of amides is 1. The number of hydrogen-bond donors (Lipinski definition) is 0. The van der Waals surface area contributed by atoms with Crippen molar-refractivity contribution in [2.45, 2.75) is 31.5 Å². The van der Waals surface area contributed by atoms with Crippen LogP contribution in [0.1, 0.15) is 51.9 Å². The van der Waals surface area contributed by atoms with Crippen molar-refractivity contribution in [1.82, 2.24) is 19.7 Å². The summed E-state index contributed by atoms with van der Waals surface area (Å²) in [6.07, 6.45) is -0.613. The molecular weight excluding hydrogens is 393 g/mol. The third-order valence-electron chi connectivity index (χ3n) is 5.39. The molecule has 2 aromatic heterocycles. The third kappa shape index (κ3) is 4.08. The molecule has 4 rings (SSSR count). The number of carbonyl (C=O) groups is 1. The number of likely N-dealkylation sites (tertiary alicyclic amines) is 1. The first-order valence-electron chi connectivity index (χ1n) is 9.74. The molecule has 1 atom stereocenters. The highest BCUT2D eigenvalue weighted by atomic mass is 19.4. The van der Waals surface area contributed by atoms with E-state index in [-0.39, 0.29) is 11.9 Å². The van der Waals surface area contributed by atoms with Gasteiger partial charge >= 0.3 is 6.18 Å². The number of rotatable bonds is 4. The highest BCUT2D eigenvalue weighted by Gasteiger charge is 2.33. The average Bonchev–Trinajstić information content (AvgIpc) is 3.36. The van der Waals surface area contributed by atoms with Gasteiger partial charge in [0, 0.05) is 31.9 Å². The normalized spacial score (nSPS) is 16.8. The number of aryl methyl sites for hydroxylation is 1. The molecule has 1 amide bonds. The molecule has 0 aliphatic carbocycles. The molecular formula is C22H21F3N4O. The maximum atomic E-state index is 12.9. The van der Waals surface area contributed by atoms with Crippen molar-refractivity contribution >= 4 is 5.91 Å². The maximum Gasteiger partial charge on any atom is 0.416 e. The predicted octanol–water partition coefficient (Wildman–Crippen LogP) is 4.40. The van der Waals surface area contributed by atoms with Gasteiger partial charge in [-0.05, 0) is 48.7 Å². The van der Waals surface area contributed by atoms with Crippen molar-refractivity contribution in [1.29, 1.82) is 0 Å². The minimum atomic E-state index is -4.34. The maximum absolute atomic E-state index is 12.9. The molecule has 0 bridgehead atoms. The fourth-order valence-corrected chi connectivity index (χ4v) is 3.85. The van der Waals surface area contributed by atoms with Crippen LogP contribution >= 0.6 is 0 Å². The molecule has 0 saturated carbocycles. The fraction of sp³-hybridized carbons (Fsp3) is 0.318. The van der Waals surface area contributed by atoms with Crippen LogP contribution < -0.4 is 0 Å². The van der Waals surface area contributed by atoms with Gasteiger partial charge in [0.15, 0.2) is 0 Å². The second-order valence-electron chi connectivity index (χ2n) is 7.42. The first-order chi connectivity index (χ1) is 14.3. The quantitative estimate of drug-likeness (QED) is 0.636. The molecule has 0 spiro atoms. The molecule has 0 radical (unpaired) electrons. The smallest absolute Gasteiger partial charge is 0.329 e. The van der Waals surface area contributed by atoms with Gasteiger partial charge < -0.3 is 4.90 Å². The zero-order valence-electron chi connectivity index (χ0n) is 16.4. The first kappa shape index (κ1) is 20.1. The van der Waals surface area contributed by atoms with Crippen molar-refractivity contribution in [3.8, 4) is 0 Å². The summed E-state index contributed by atoms with van der Waals surface area (Å²) >= 11 is 0. The van der Waals surface area contributed by atoms with E-state index in [1.807, 2.05) is 23.1 Å². The second-order valence-corrected chi connectivity index (χ2v) is 7.42. The summed E-state index contributed by atoms with van der Waals surface area (Å²) in [7, 11) is 1.74. The van der Waals surface area contributed by atoms with Gasteiger partial charge in [0.2, 0.25) is 0 Å². The molecule has 5 nitrogen and oxygen atoms in total. The lowest BCUT2D eigenvalue weighted by atomic mass is 10.1. The molecule has 3 aromatic rings. The van der Waals surface area contributed by atoms with Gasteiger partial charge in [0.1, 0.15) is 5.69 Å². The van der Waals surface area contributed by atoms with Gasteiger partial charge in [-0.1, -0.05) is 18.2 Å². The number of alkyl halides is 3. The highest BCUT2D eigenvalue weighted by molar-refractivity contribution is 5.93. The number of halogens is 3. The Morgan fingerprint density at radius 3 is 2.57 bits per heavy atom. The number of nitrogens with zero attached hydrogens (tertiary/aromatic N) is 4. The SMILES string of the molecule is Cn1nccc1C(=O)N1CCC[C@@H]1c1cccc(Cc2ccc(C(F)(F)F)cc2)n1. The minimum absolute atomic E-state index is 0.0764.